The summed E-state index contributed by atoms with van der Waals surface area (Å²) in [5.74, 6) is 0.348. The van der Waals surface area contributed by atoms with Crippen LogP contribution in [-0.4, -0.2) is 24.5 Å². The molecule has 1 aromatic carbocycles. The molecular formula is C13H15N3O2. The van der Waals surface area contributed by atoms with Crippen LogP contribution in [-0.2, 0) is 11.3 Å². The van der Waals surface area contributed by atoms with Gasteiger partial charge in [-0.15, -0.1) is 0 Å². The first-order valence-corrected chi connectivity index (χ1v) is 5.64. The molecule has 1 heterocycles. The number of methoxy groups -OCH3 is 1. The summed E-state index contributed by atoms with van der Waals surface area (Å²) in [7, 11) is 1.57. The normalized spacial score (nSPS) is 10.3. The second-order valence-corrected chi connectivity index (χ2v) is 3.82. The maximum absolute atomic E-state index is 11.2. The fourth-order valence-electron chi connectivity index (χ4n) is 1.74. The summed E-state index contributed by atoms with van der Waals surface area (Å²) in [6.07, 6.45) is 0. The average Bonchev–Trinajstić information content (AvgIpc) is 2.43. The molecule has 5 heteroatoms. The minimum Gasteiger partial charge on any atom is -0.481 e. The highest BCUT2D eigenvalue weighted by atomic mass is 16.5. The zero-order valence-electron chi connectivity index (χ0n) is 10.1. The van der Waals surface area contributed by atoms with Gasteiger partial charge < -0.3 is 15.8 Å². The number of carbonyl (C=O) groups excluding carboxylic acids is 1. The van der Waals surface area contributed by atoms with Crippen molar-refractivity contribution >= 4 is 16.8 Å². The number of benzene rings is 1. The van der Waals surface area contributed by atoms with Crippen LogP contribution >= 0.6 is 0 Å². The summed E-state index contributed by atoms with van der Waals surface area (Å²) in [5, 5.41) is 3.74. The van der Waals surface area contributed by atoms with Gasteiger partial charge in [0.1, 0.15) is 0 Å². The van der Waals surface area contributed by atoms with E-state index in [4.69, 9.17) is 10.5 Å². The fourth-order valence-corrected chi connectivity index (χ4v) is 1.74. The van der Waals surface area contributed by atoms with Gasteiger partial charge in [-0.2, -0.15) is 0 Å². The van der Waals surface area contributed by atoms with E-state index < -0.39 is 0 Å². The minimum atomic E-state index is -0.185. The molecule has 0 bridgehead atoms. The van der Waals surface area contributed by atoms with Crippen LogP contribution < -0.4 is 15.8 Å². The van der Waals surface area contributed by atoms with Crippen LogP contribution in [0.5, 0.6) is 5.88 Å². The number of nitrogens with two attached hydrogens (primary N) is 1. The Balaban J connectivity index is 2.37. The van der Waals surface area contributed by atoms with E-state index in [1.807, 2.05) is 30.3 Å². The number of pyridine rings is 1. The molecule has 0 unspecified atom stereocenters. The standard InChI is InChI=1S/C13H15N3O2/c1-18-13-6-9(8-15-12(17)7-14)10-4-2-3-5-11(10)16-13/h2-6H,7-8,14H2,1H3,(H,15,17). The first kappa shape index (κ1) is 12.3. The van der Waals surface area contributed by atoms with E-state index in [0.29, 0.717) is 12.4 Å². The zero-order chi connectivity index (χ0) is 13.0. The zero-order valence-corrected chi connectivity index (χ0v) is 10.1. The van der Waals surface area contributed by atoms with Crippen molar-refractivity contribution in [1.29, 1.82) is 0 Å². The molecule has 5 nitrogen and oxygen atoms in total. The van der Waals surface area contributed by atoms with Crippen molar-refractivity contribution < 1.29 is 9.53 Å². The van der Waals surface area contributed by atoms with Gasteiger partial charge in [0.15, 0.2) is 0 Å². The lowest BCUT2D eigenvalue weighted by Crippen LogP contribution is -2.29. The first-order chi connectivity index (χ1) is 8.74. The van der Waals surface area contributed by atoms with E-state index in [1.165, 1.54) is 0 Å². The summed E-state index contributed by atoms with van der Waals surface area (Å²) in [5.41, 5.74) is 7.05. The third kappa shape index (κ3) is 2.57. The van der Waals surface area contributed by atoms with Crippen molar-refractivity contribution in [2.24, 2.45) is 5.73 Å². The smallest absolute Gasteiger partial charge is 0.234 e. The van der Waals surface area contributed by atoms with Crippen LogP contribution in [0.4, 0.5) is 0 Å². The molecular weight excluding hydrogens is 230 g/mol. The van der Waals surface area contributed by atoms with Gasteiger partial charge in [-0.1, -0.05) is 18.2 Å². The van der Waals surface area contributed by atoms with Crippen molar-refractivity contribution in [3.63, 3.8) is 0 Å². The van der Waals surface area contributed by atoms with Gasteiger partial charge in [0.05, 0.1) is 19.2 Å². The van der Waals surface area contributed by atoms with Gasteiger partial charge in [0.2, 0.25) is 11.8 Å². The number of hydrogen-bond acceptors (Lipinski definition) is 4. The lowest BCUT2D eigenvalue weighted by Gasteiger charge is -2.09. The Morgan fingerprint density at radius 2 is 2.22 bits per heavy atom. The Morgan fingerprint density at radius 3 is 2.94 bits per heavy atom. The Hall–Kier alpha value is -2.14. The molecule has 0 saturated carbocycles. The number of nitrogens with one attached hydrogen (secondary N) is 1. The number of nitrogens with zero attached hydrogens (tertiary/aromatic N) is 1. The molecule has 18 heavy (non-hydrogen) atoms. The summed E-state index contributed by atoms with van der Waals surface area (Å²) >= 11 is 0. The third-order valence-corrected chi connectivity index (χ3v) is 2.65. The van der Waals surface area contributed by atoms with Gasteiger partial charge in [-0.05, 0) is 11.6 Å². The molecule has 94 valence electrons. The number of ether oxygens (including phenoxy) is 1. The minimum absolute atomic E-state index is 0.0137. The van der Waals surface area contributed by atoms with Crippen LogP contribution in [0, 0.1) is 0 Å². The third-order valence-electron chi connectivity index (χ3n) is 2.65. The van der Waals surface area contributed by atoms with Gasteiger partial charge in [0.25, 0.3) is 0 Å². The largest absolute Gasteiger partial charge is 0.481 e. The monoisotopic (exact) mass is 245 g/mol. The number of carbonyl (C=O) groups is 1. The average molecular weight is 245 g/mol. The molecule has 0 aliphatic carbocycles. The van der Waals surface area contributed by atoms with Crippen LogP contribution in [0.15, 0.2) is 30.3 Å². The first-order valence-electron chi connectivity index (χ1n) is 5.64. The topological polar surface area (TPSA) is 77.2 Å². The molecule has 0 spiro atoms. The van der Waals surface area contributed by atoms with Crippen molar-refractivity contribution in [2.75, 3.05) is 13.7 Å². The summed E-state index contributed by atoms with van der Waals surface area (Å²) in [6.45, 7) is 0.398. The lowest BCUT2D eigenvalue weighted by atomic mass is 10.1. The lowest BCUT2D eigenvalue weighted by molar-refractivity contribution is -0.119. The molecule has 0 saturated heterocycles. The second kappa shape index (κ2) is 5.46. The van der Waals surface area contributed by atoms with Gasteiger partial charge >= 0.3 is 0 Å². The number of aromatic nitrogens is 1. The van der Waals surface area contributed by atoms with E-state index in [-0.39, 0.29) is 12.5 Å². The Kier molecular flexibility index (Phi) is 3.74. The van der Waals surface area contributed by atoms with Crippen molar-refractivity contribution in [3.8, 4) is 5.88 Å². The Morgan fingerprint density at radius 1 is 1.44 bits per heavy atom. The number of fused-ring (bicyclic) bond motifs is 1. The molecule has 1 amide bonds. The van der Waals surface area contributed by atoms with Crippen LogP contribution in [0.3, 0.4) is 0 Å². The summed E-state index contributed by atoms with van der Waals surface area (Å²) in [4.78, 5) is 15.5. The van der Waals surface area contributed by atoms with Crippen LogP contribution in [0.1, 0.15) is 5.56 Å². The van der Waals surface area contributed by atoms with E-state index in [2.05, 4.69) is 10.3 Å². The predicted octanol–water partition coefficient (Wildman–Crippen LogP) is 0.818. The predicted molar refractivity (Wildman–Crippen MR) is 69.2 cm³/mol. The number of rotatable bonds is 4. The van der Waals surface area contributed by atoms with Crippen molar-refractivity contribution in [2.45, 2.75) is 6.54 Å². The Bertz CT molecular complexity index is 569. The maximum atomic E-state index is 11.2. The van der Waals surface area contributed by atoms with E-state index in [1.54, 1.807) is 7.11 Å². The number of para-hydroxylation sites is 1. The Labute approximate surface area is 105 Å². The van der Waals surface area contributed by atoms with Crippen LogP contribution in [0.25, 0.3) is 10.9 Å². The van der Waals surface area contributed by atoms with E-state index >= 15 is 0 Å². The van der Waals surface area contributed by atoms with E-state index in [9.17, 15) is 4.79 Å². The highest BCUT2D eigenvalue weighted by Crippen LogP contribution is 2.21. The molecule has 0 fully saturated rings. The van der Waals surface area contributed by atoms with Crippen molar-refractivity contribution in [1.82, 2.24) is 10.3 Å². The molecule has 2 rings (SSSR count). The molecule has 3 N–H and O–H groups in total. The van der Waals surface area contributed by atoms with Gasteiger partial charge in [-0.3, -0.25) is 4.79 Å². The van der Waals surface area contributed by atoms with Gasteiger partial charge in [0, 0.05) is 18.0 Å². The molecule has 2 aromatic rings. The number of hydrogen-bond donors (Lipinski definition) is 2. The fraction of sp³-hybridized carbons (Fsp3) is 0.231. The van der Waals surface area contributed by atoms with Crippen molar-refractivity contribution in [3.05, 3.63) is 35.9 Å². The molecule has 0 aliphatic rings. The number of amides is 1. The van der Waals surface area contributed by atoms with E-state index in [0.717, 1.165) is 16.5 Å². The van der Waals surface area contributed by atoms with Gasteiger partial charge in [-0.25, -0.2) is 4.98 Å². The summed E-state index contributed by atoms with van der Waals surface area (Å²) in [6, 6.07) is 9.54. The summed E-state index contributed by atoms with van der Waals surface area (Å²) < 4.78 is 5.15. The highest BCUT2D eigenvalue weighted by molar-refractivity contribution is 5.84. The second-order valence-electron chi connectivity index (χ2n) is 3.82. The highest BCUT2D eigenvalue weighted by Gasteiger charge is 2.06. The SMILES string of the molecule is COc1cc(CNC(=O)CN)c2ccccc2n1. The molecule has 0 radical (unpaired) electrons. The maximum Gasteiger partial charge on any atom is 0.234 e. The molecule has 1 aromatic heterocycles. The quantitative estimate of drug-likeness (QED) is 0.836. The molecule has 0 aliphatic heterocycles. The molecule has 0 atom stereocenters. The van der Waals surface area contributed by atoms with Crippen LogP contribution in [0.2, 0.25) is 0 Å².